The maximum absolute atomic E-state index is 5.56. The average Bonchev–Trinajstić information content (AvgIpc) is 2.83. The molecule has 2 aromatic heterocycles. The van der Waals surface area contributed by atoms with Gasteiger partial charge in [0.05, 0.1) is 13.7 Å². The van der Waals surface area contributed by atoms with Crippen LogP contribution in [0.5, 0.6) is 5.88 Å². The molecule has 0 amide bonds. The molecule has 8 nitrogen and oxygen atoms in total. The summed E-state index contributed by atoms with van der Waals surface area (Å²) < 4.78 is 6.95. The first-order valence-corrected chi connectivity index (χ1v) is 5.52. The van der Waals surface area contributed by atoms with Gasteiger partial charge in [-0.15, -0.1) is 10.2 Å². The lowest BCUT2D eigenvalue weighted by Crippen LogP contribution is -2.09. The smallest absolute Gasteiger partial charge is 0.225 e. The number of nitrogens with two attached hydrogens (primary N) is 1. The summed E-state index contributed by atoms with van der Waals surface area (Å²) >= 11 is 0. The molecule has 0 saturated carbocycles. The molecule has 3 N–H and O–H groups in total. The second-order valence-electron chi connectivity index (χ2n) is 3.54. The summed E-state index contributed by atoms with van der Waals surface area (Å²) in [5, 5.41) is 11.0. The van der Waals surface area contributed by atoms with Crippen LogP contribution in [-0.2, 0) is 13.1 Å². The fraction of sp³-hybridized carbons (Fsp3) is 0.400. The normalized spacial score (nSPS) is 10.3. The SMILES string of the molecule is CCn1cnnc1CNc1cc(OC)nc(N)n1. The number of hydrogen-bond donors (Lipinski definition) is 2. The van der Waals surface area contributed by atoms with Gasteiger partial charge in [0.1, 0.15) is 12.1 Å². The predicted molar refractivity (Wildman–Crippen MR) is 66.0 cm³/mol. The van der Waals surface area contributed by atoms with Gasteiger partial charge in [-0.25, -0.2) is 0 Å². The van der Waals surface area contributed by atoms with Crippen molar-refractivity contribution in [2.24, 2.45) is 0 Å². The van der Waals surface area contributed by atoms with Gasteiger partial charge in [0.15, 0.2) is 5.82 Å². The molecule has 0 spiro atoms. The zero-order chi connectivity index (χ0) is 13.0. The molecule has 2 aromatic rings. The molecule has 0 atom stereocenters. The lowest BCUT2D eigenvalue weighted by Gasteiger charge is -2.07. The standard InChI is InChI=1S/C10H15N7O/c1-3-17-6-13-16-8(17)5-12-7-4-9(18-2)15-10(11)14-7/h4,6H,3,5H2,1-2H3,(H3,11,12,14,15). The van der Waals surface area contributed by atoms with Crippen LogP contribution in [-0.4, -0.2) is 31.8 Å². The van der Waals surface area contributed by atoms with E-state index in [0.29, 0.717) is 18.2 Å². The van der Waals surface area contributed by atoms with E-state index in [1.807, 2.05) is 11.5 Å². The van der Waals surface area contributed by atoms with Gasteiger partial charge >= 0.3 is 0 Å². The third-order valence-corrected chi connectivity index (χ3v) is 2.39. The van der Waals surface area contributed by atoms with Crippen molar-refractivity contribution >= 4 is 11.8 Å². The van der Waals surface area contributed by atoms with Crippen LogP contribution in [0.15, 0.2) is 12.4 Å². The Morgan fingerprint density at radius 3 is 3.00 bits per heavy atom. The molecule has 18 heavy (non-hydrogen) atoms. The number of hydrogen-bond acceptors (Lipinski definition) is 7. The van der Waals surface area contributed by atoms with E-state index in [1.54, 1.807) is 12.4 Å². The number of rotatable bonds is 5. The van der Waals surface area contributed by atoms with Gasteiger partial charge in [-0.05, 0) is 6.92 Å². The topological polar surface area (TPSA) is 104 Å². The number of methoxy groups -OCH3 is 1. The van der Waals surface area contributed by atoms with Gasteiger partial charge in [-0.2, -0.15) is 9.97 Å². The molecule has 0 radical (unpaired) electrons. The van der Waals surface area contributed by atoms with Crippen molar-refractivity contribution in [1.82, 2.24) is 24.7 Å². The molecule has 2 rings (SSSR count). The summed E-state index contributed by atoms with van der Waals surface area (Å²) in [7, 11) is 1.53. The molecule has 96 valence electrons. The molecular formula is C10H15N7O. The van der Waals surface area contributed by atoms with E-state index in [1.165, 1.54) is 7.11 Å². The maximum Gasteiger partial charge on any atom is 0.225 e. The van der Waals surface area contributed by atoms with Crippen molar-refractivity contribution in [2.75, 3.05) is 18.2 Å². The molecule has 2 heterocycles. The van der Waals surface area contributed by atoms with E-state index in [0.717, 1.165) is 12.4 Å². The van der Waals surface area contributed by atoms with Crippen molar-refractivity contribution < 1.29 is 4.74 Å². The minimum absolute atomic E-state index is 0.161. The molecule has 0 aliphatic heterocycles. The van der Waals surface area contributed by atoms with Crippen molar-refractivity contribution in [2.45, 2.75) is 20.0 Å². The first-order chi connectivity index (χ1) is 8.72. The summed E-state index contributed by atoms with van der Waals surface area (Å²) in [6, 6.07) is 1.67. The van der Waals surface area contributed by atoms with Gasteiger partial charge in [0.25, 0.3) is 0 Å². The zero-order valence-corrected chi connectivity index (χ0v) is 10.3. The van der Waals surface area contributed by atoms with E-state index < -0.39 is 0 Å². The van der Waals surface area contributed by atoms with Gasteiger partial charge < -0.3 is 20.4 Å². The summed E-state index contributed by atoms with van der Waals surface area (Å²) in [6.45, 7) is 3.35. The number of ether oxygens (including phenoxy) is 1. The average molecular weight is 249 g/mol. The van der Waals surface area contributed by atoms with Crippen LogP contribution in [0.2, 0.25) is 0 Å². The van der Waals surface area contributed by atoms with Crippen LogP contribution in [0.4, 0.5) is 11.8 Å². The van der Waals surface area contributed by atoms with Crippen LogP contribution in [0.25, 0.3) is 0 Å². The van der Waals surface area contributed by atoms with E-state index in [4.69, 9.17) is 10.5 Å². The first-order valence-electron chi connectivity index (χ1n) is 5.52. The fourth-order valence-corrected chi connectivity index (χ4v) is 1.49. The van der Waals surface area contributed by atoms with E-state index in [-0.39, 0.29) is 5.95 Å². The molecule has 0 bridgehead atoms. The summed E-state index contributed by atoms with van der Waals surface area (Å²) in [6.07, 6.45) is 1.69. The second kappa shape index (κ2) is 5.30. The van der Waals surface area contributed by atoms with Crippen molar-refractivity contribution in [3.05, 3.63) is 18.2 Å². The molecule has 0 aliphatic carbocycles. The summed E-state index contributed by atoms with van der Waals surface area (Å²) in [5.74, 6) is 1.99. The summed E-state index contributed by atoms with van der Waals surface area (Å²) in [4.78, 5) is 7.96. The lowest BCUT2D eigenvalue weighted by molar-refractivity contribution is 0.398. The van der Waals surface area contributed by atoms with E-state index in [2.05, 4.69) is 25.5 Å². The van der Waals surface area contributed by atoms with Crippen LogP contribution in [0.1, 0.15) is 12.7 Å². The van der Waals surface area contributed by atoms with Gasteiger partial charge in [-0.1, -0.05) is 0 Å². The van der Waals surface area contributed by atoms with Crippen molar-refractivity contribution in [1.29, 1.82) is 0 Å². The van der Waals surface area contributed by atoms with E-state index >= 15 is 0 Å². The first kappa shape index (κ1) is 12.1. The Labute approximate surface area is 104 Å². The number of nitrogens with one attached hydrogen (secondary N) is 1. The number of anilines is 2. The van der Waals surface area contributed by atoms with Crippen LogP contribution < -0.4 is 15.8 Å². The monoisotopic (exact) mass is 249 g/mol. The Hall–Kier alpha value is -2.38. The van der Waals surface area contributed by atoms with Gasteiger partial charge in [0.2, 0.25) is 11.8 Å². The molecule has 0 aromatic carbocycles. The lowest BCUT2D eigenvalue weighted by atomic mass is 10.5. The zero-order valence-electron chi connectivity index (χ0n) is 10.3. The maximum atomic E-state index is 5.56. The van der Waals surface area contributed by atoms with Crippen molar-refractivity contribution in [3.63, 3.8) is 0 Å². The number of aryl methyl sites for hydroxylation is 1. The summed E-state index contributed by atoms with van der Waals surface area (Å²) in [5.41, 5.74) is 5.56. The highest BCUT2D eigenvalue weighted by atomic mass is 16.5. The van der Waals surface area contributed by atoms with Gasteiger partial charge in [-0.3, -0.25) is 0 Å². The second-order valence-corrected chi connectivity index (χ2v) is 3.54. The Bertz CT molecular complexity index is 525. The molecule has 0 aliphatic rings. The third kappa shape index (κ3) is 2.65. The van der Waals surface area contributed by atoms with Crippen LogP contribution in [0, 0.1) is 0 Å². The highest BCUT2D eigenvalue weighted by molar-refractivity contribution is 5.42. The molecule has 0 fully saturated rings. The van der Waals surface area contributed by atoms with Crippen LogP contribution in [0.3, 0.4) is 0 Å². The van der Waals surface area contributed by atoms with Crippen molar-refractivity contribution in [3.8, 4) is 5.88 Å². The largest absolute Gasteiger partial charge is 0.481 e. The molecule has 0 unspecified atom stereocenters. The highest BCUT2D eigenvalue weighted by Gasteiger charge is 2.05. The Morgan fingerprint density at radius 1 is 1.44 bits per heavy atom. The fourth-order valence-electron chi connectivity index (χ4n) is 1.49. The molecular weight excluding hydrogens is 234 g/mol. The number of nitrogen functional groups attached to an aromatic ring is 1. The number of aromatic nitrogens is 5. The van der Waals surface area contributed by atoms with E-state index in [9.17, 15) is 0 Å². The minimum Gasteiger partial charge on any atom is -0.481 e. The highest BCUT2D eigenvalue weighted by Crippen LogP contribution is 2.14. The van der Waals surface area contributed by atoms with Gasteiger partial charge in [0, 0.05) is 12.6 Å². The predicted octanol–water partition coefficient (Wildman–Crippen LogP) is 0.291. The minimum atomic E-state index is 0.161. The number of nitrogens with zero attached hydrogens (tertiary/aromatic N) is 5. The quantitative estimate of drug-likeness (QED) is 0.784. The Balaban J connectivity index is 2.08. The van der Waals surface area contributed by atoms with Crippen LogP contribution >= 0.6 is 0 Å². The third-order valence-electron chi connectivity index (χ3n) is 2.39. The molecule has 8 heteroatoms. The molecule has 0 saturated heterocycles. The Kier molecular flexibility index (Phi) is 3.56. The Morgan fingerprint density at radius 2 is 2.28 bits per heavy atom.